The van der Waals surface area contributed by atoms with Gasteiger partial charge in [-0.3, -0.25) is 9.59 Å². The maximum Gasteiger partial charge on any atom is 0.407 e. The highest BCUT2D eigenvalue weighted by molar-refractivity contribution is 8.00. The summed E-state index contributed by atoms with van der Waals surface area (Å²) in [4.78, 5) is 59.3. The van der Waals surface area contributed by atoms with E-state index in [0.717, 1.165) is 55.6 Å². The standard InChI is InChI=1S/C66H55N3O6S/c70-61(68-65(48-23-7-1-8-24-48,49-25-9-2-10-26-49)50-27-11-3-12-28-50)45-60(67-64(74)75-46-59-57-37-21-19-35-55(57)56-36-20-22-38-58(56)59)62(71)69(54-41-39-47(40-42-54)63(72)73)43-44-76-66(51-29-13-4-14-30-51,52-31-15-5-16-32-52)53-33-17-6-18-34-53/h1-42,59-60H,43-46H2,(H,67,74)(H,68,70)(H,72,73)/t60-/m0/s1. The molecule has 10 rings (SSSR count). The molecule has 9 aromatic rings. The van der Waals surface area contributed by atoms with Crippen molar-refractivity contribution in [3.63, 3.8) is 0 Å². The molecule has 1 aliphatic carbocycles. The van der Waals surface area contributed by atoms with E-state index in [9.17, 15) is 14.7 Å². The Labute approximate surface area is 447 Å². The molecule has 376 valence electrons. The maximum absolute atomic E-state index is 15.8. The van der Waals surface area contributed by atoms with Crippen molar-refractivity contribution in [3.8, 4) is 11.1 Å². The van der Waals surface area contributed by atoms with Crippen LogP contribution in [0.1, 0.15) is 67.2 Å². The van der Waals surface area contributed by atoms with Gasteiger partial charge in [0, 0.05) is 23.9 Å². The monoisotopic (exact) mass is 1020 g/mol. The zero-order valence-corrected chi connectivity index (χ0v) is 42.4. The second-order valence-electron chi connectivity index (χ2n) is 18.6. The Bertz CT molecular complexity index is 3180. The number of carbonyl (C=O) groups excluding carboxylic acids is 3. The first-order valence-corrected chi connectivity index (χ1v) is 26.3. The van der Waals surface area contributed by atoms with Crippen LogP contribution >= 0.6 is 11.8 Å². The topological polar surface area (TPSA) is 125 Å². The van der Waals surface area contributed by atoms with Gasteiger partial charge in [0.05, 0.1) is 16.7 Å². The van der Waals surface area contributed by atoms with Crippen LogP contribution in [0.4, 0.5) is 10.5 Å². The highest BCUT2D eigenvalue weighted by Crippen LogP contribution is 2.49. The summed E-state index contributed by atoms with van der Waals surface area (Å²) in [7, 11) is 0. The third-order valence-electron chi connectivity index (χ3n) is 14.1. The van der Waals surface area contributed by atoms with Gasteiger partial charge in [0.25, 0.3) is 0 Å². The lowest BCUT2D eigenvalue weighted by atomic mass is 9.77. The first-order valence-electron chi connectivity index (χ1n) is 25.3. The minimum absolute atomic E-state index is 0.0242. The Morgan fingerprint density at radius 1 is 0.513 bits per heavy atom. The minimum Gasteiger partial charge on any atom is -0.478 e. The predicted molar refractivity (Wildman–Crippen MR) is 301 cm³/mol. The Morgan fingerprint density at radius 2 is 0.908 bits per heavy atom. The lowest BCUT2D eigenvalue weighted by Crippen LogP contribution is -2.54. The molecule has 0 saturated carbocycles. The number of benzene rings is 9. The summed E-state index contributed by atoms with van der Waals surface area (Å²) in [6.45, 7) is 0.0697. The van der Waals surface area contributed by atoms with E-state index in [1.807, 2.05) is 182 Å². The van der Waals surface area contributed by atoms with E-state index in [0.29, 0.717) is 11.4 Å². The van der Waals surface area contributed by atoms with Gasteiger partial charge >= 0.3 is 12.1 Å². The van der Waals surface area contributed by atoms with Gasteiger partial charge in [-0.05, 0) is 79.9 Å². The number of carboxylic acid groups (broad SMARTS) is 1. The quantitative estimate of drug-likeness (QED) is 0.0689. The van der Waals surface area contributed by atoms with Crippen LogP contribution in [0.5, 0.6) is 0 Å². The second-order valence-corrected chi connectivity index (χ2v) is 19.9. The van der Waals surface area contributed by atoms with Crippen molar-refractivity contribution >= 4 is 41.3 Å². The Morgan fingerprint density at radius 3 is 1.33 bits per heavy atom. The number of hydrogen-bond donors (Lipinski definition) is 3. The minimum atomic E-state index is -1.47. The molecule has 0 bridgehead atoms. The van der Waals surface area contributed by atoms with Crippen LogP contribution in [0.25, 0.3) is 11.1 Å². The molecule has 9 aromatic carbocycles. The molecule has 0 radical (unpaired) electrons. The van der Waals surface area contributed by atoms with Crippen LogP contribution < -0.4 is 15.5 Å². The van der Waals surface area contributed by atoms with E-state index in [1.165, 1.54) is 17.0 Å². The van der Waals surface area contributed by atoms with E-state index >= 15 is 9.59 Å². The van der Waals surface area contributed by atoms with Crippen LogP contribution in [0, 0.1) is 0 Å². The van der Waals surface area contributed by atoms with Crippen molar-refractivity contribution < 1.29 is 29.0 Å². The molecule has 1 aliphatic rings. The average Bonchev–Trinajstić information content (AvgIpc) is 3.80. The lowest BCUT2D eigenvalue weighted by Gasteiger charge is -2.37. The van der Waals surface area contributed by atoms with Gasteiger partial charge in [-0.1, -0.05) is 231 Å². The molecule has 10 heteroatoms. The number of aromatic carboxylic acids is 1. The largest absolute Gasteiger partial charge is 0.478 e. The fraction of sp³-hybridized carbons (Fsp3) is 0.121. The number of alkyl carbamates (subject to hydrolysis) is 1. The third kappa shape index (κ3) is 10.4. The van der Waals surface area contributed by atoms with Gasteiger partial charge in [0.1, 0.15) is 18.2 Å². The summed E-state index contributed by atoms with van der Waals surface area (Å²) in [6.07, 6.45) is -1.36. The van der Waals surface area contributed by atoms with Crippen LogP contribution in [0.15, 0.2) is 255 Å². The third-order valence-corrected chi connectivity index (χ3v) is 15.7. The van der Waals surface area contributed by atoms with Gasteiger partial charge in [-0.15, -0.1) is 11.8 Å². The van der Waals surface area contributed by atoms with E-state index < -0.39 is 46.6 Å². The summed E-state index contributed by atoms with van der Waals surface area (Å²) < 4.78 is 5.35. The molecule has 0 saturated heterocycles. The molecule has 1 atom stereocenters. The average molecular weight is 1020 g/mol. The summed E-state index contributed by atoms with van der Waals surface area (Å²) in [6, 6.07) is 80.3. The summed E-state index contributed by atoms with van der Waals surface area (Å²) in [5.74, 6) is -2.15. The molecule has 9 nitrogen and oxygen atoms in total. The van der Waals surface area contributed by atoms with Gasteiger partial charge < -0.3 is 25.4 Å². The van der Waals surface area contributed by atoms with E-state index in [-0.39, 0.29) is 24.6 Å². The van der Waals surface area contributed by atoms with Crippen LogP contribution in [-0.2, 0) is 24.6 Å². The highest BCUT2D eigenvalue weighted by Gasteiger charge is 2.41. The zero-order valence-electron chi connectivity index (χ0n) is 41.6. The lowest BCUT2D eigenvalue weighted by molar-refractivity contribution is -0.127. The number of nitrogens with one attached hydrogen (secondary N) is 2. The Hall–Kier alpha value is -8.99. The number of thioether (sulfide) groups is 1. The van der Waals surface area contributed by atoms with Gasteiger partial charge in [-0.2, -0.15) is 0 Å². The number of ether oxygens (including phenoxy) is 1. The predicted octanol–water partition coefficient (Wildman–Crippen LogP) is 12.8. The molecule has 76 heavy (non-hydrogen) atoms. The van der Waals surface area contributed by atoms with E-state index in [1.54, 1.807) is 23.9 Å². The van der Waals surface area contributed by atoms with Crippen molar-refractivity contribution in [2.24, 2.45) is 0 Å². The van der Waals surface area contributed by atoms with Crippen LogP contribution in [-0.4, -0.2) is 53.9 Å². The summed E-state index contributed by atoms with van der Waals surface area (Å²) >= 11 is 1.65. The Kier molecular flexibility index (Phi) is 15.3. The van der Waals surface area contributed by atoms with Crippen LogP contribution in [0.2, 0.25) is 0 Å². The number of anilines is 1. The maximum atomic E-state index is 15.8. The summed E-state index contributed by atoms with van der Waals surface area (Å²) in [5, 5.41) is 16.2. The molecular weight excluding hydrogens is 963 g/mol. The fourth-order valence-corrected chi connectivity index (χ4v) is 12.1. The number of amides is 3. The molecular formula is C66H55N3O6S. The number of fused-ring (bicyclic) bond motifs is 3. The first kappa shape index (κ1) is 50.5. The molecule has 0 aliphatic heterocycles. The molecule has 3 amide bonds. The van der Waals surface area contributed by atoms with E-state index in [2.05, 4.69) is 59.2 Å². The van der Waals surface area contributed by atoms with Gasteiger partial charge in [-0.25, -0.2) is 9.59 Å². The van der Waals surface area contributed by atoms with Gasteiger partial charge in [0.2, 0.25) is 11.8 Å². The number of carbonyl (C=O) groups is 4. The molecule has 3 N–H and O–H groups in total. The van der Waals surface area contributed by atoms with Crippen molar-refractivity contribution in [1.82, 2.24) is 10.6 Å². The van der Waals surface area contributed by atoms with Crippen molar-refractivity contribution in [1.29, 1.82) is 0 Å². The van der Waals surface area contributed by atoms with Crippen molar-refractivity contribution in [3.05, 3.63) is 305 Å². The molecule has 0 heterocycles. The number of carboxylic acids is 1. The summed E-state index contributed by atoms with van der Waals surface area (Å²) in [5.41, 5.74) is 8.81. The van der Waals surface area contributed by atoms with Crippen molar-refractivity contribution in [2.45, 2.75) is 28.7 Å². The van der Waals surface area contributed by atoms with Crippen molar-refractivity contribution in [2.75, 3.05) is 23.8 Å². The Balaban J connectivity index is 1.02. The van der Waals surface area contributed by atoms with Gasteiger partial charge in [0.15, 0.2) is 0 Å². The first-order chi connectivity index (χ1) is 37.3. The molecule has 0 spiro atoms. The zero-order chi connectivity index (χ0) is 52.3. The van der Waals surface area contributed by atoms with Crippen LogP contribution in [0.3, 0.4) is 0 Å². The number of rotatable bonds is 19. The van der Waals surface area contributed by atoms with E-state index in [4.69, 9.17) is 4.74 Å². The fourth-order valence-electron chi connectivity index (χ4n) is 10.6. The normalized spacial score (nSPS) is 12.4. The molecule has 0 unspecified atom stereocenters. The second kappa shape index (κ2) is 23.1. The molecule has 0 aromatic heterocycles. The number of nitrogens with zero attached hydrogens (tertiary/aromatic N) is 1. The smallest absolute Gasteiger partial charge is 0.407 e. The SMILES string of the molecule is O=C(C[C@H](NC(=O)OCC1c2ccccc2-c2ccccc21)C(=O)N(CCSC(c1ccccc1)(c1ccccc1)c1ccccc1)c1ccc(C(=O)O)cc1)NC(c1ccccc1)(c1ccccc1)c1ccccc1. The number of hydrogen-bond acceptors (Lipinski definition) is 6. The molecule has 0 fully saturated rings. The highest BCUT2D eigenvalue weighted by atomic mass is 32.2.